The van der Waals surface area contributed by atoms with Crippen LogP contribution >= 0.6 is 11.3 Å². The first-order valence-electron chi connectivity index (χ1n) is 10.3. The number of fused-ring (bicyclic) bond motifs is 2. The van der Waals surface area contributed by atoms with Crippen LogP contribution in [-0.2, 0) is 0 Å². The highest BCUT2D eigenvalue weighted by Gasteiger charge is 2.41. The Kier molecular flexibility index (Phi) is 5.45. The molecule has 4 atom stereocenters. The van der Waals surface area contributed by atoms with Crippen molar-refractivity contribution in [2.45, 2.75) is 50.0 Å². The van der Waals surface area contributed by atoms with E-state index in [1.54, 1.807) is 31.5 Å². The summed E-state index contributed by atoms with van der Waals surface area (Å²) in [6.07, 6.45) is 3.64. The van der Waals surface area contributed by atoms with Gasteiger partial charge in [-0.15, -0.1) is 5.10 Å². The molecular weight excluding hydrogens is 419 g/mol. The van der Waals surface area contributed by atoms with Gasteiger partial charge in [-0.2, -0.15) is 0 Å². The number of hydrogen-bond acceptors (Lipinski definition) is 8. The number of methoxy groups -OCH3 is 1. The van der Waals surface area contributed by atoms with E-state index < -0.39 is 12.3 Å². The van der Waals surface area contributed by atoms with E-state index in [0.717, 1.165) is 30.4 Å². The highest BCUT2D eigenvalue weighted by atomic mass is 32.1. The Labute approximate surface area is 183 Å². The number of phenolic OH excluding ortho intramolecular Hbond substituents is 1. The summed E-state index contributed by atoms with van der Waals surface area (Å²) in [6.45, 7) is 0. The number of hydrogen-bond donors (Lipinski definition) is 2. The van der Waals surface area contributed by atoms with E-state index in [4.69, 9.17) is 9.47 Å². The van der Waals surface area contributed by atoms with Gasteiger partial charge in [0.15, 0.2) is 11.2 Å². The molecule has 2 N–H and O–H groups in total. The lowest BCUT2D eigenvalue weighted by molar-refractivity contribution is 0.00888. The van der Waals surface area contributed by atoms with Crippen LogP contribution in [0.1, 0.15) is 25.7 Å². The number of rotatable bonds is 5. The van der Waals surface area contributed by atoms with Crippen molar-refractivity contribution in [3.8, 4) is 38.5 Å². The van der Waals surface area contributed by atoms with Crippen LogP contribution in [0.2, 0.25) is 0 Å². The quantitative estimate of drug-likeness (QED) is 0.618. The number of nitrogens with one attached hydrogen (secondary N) is 1. The van der Waals surface area contributed by atoms with Crippen LogP contribution in [0.25, 0.3) is 21.7 Å². The molecule has 9 heteroatoms. The monoisotopic (exact) mass is 442 g/mol. The van der Waals surface area contributed by atoms with Crippen molar-refractivity contribution >= 4 is 11.3 Å². The highest BCUT2D eigenvalue weighted by molar-refractivity contribution is 7.16. The average molecular weight is 443 g/mol. The predicted molar refractivity (Wildman–Crippen MR) is 115 cm³/mol. The molecule has 7 nitrogen and oxygen atoms in total. The number of benzene rings is 1. The van der Waals surface area contributed by atoms with E-state index in [2.05, 4.69) is 20.5 Å². The van der Waals surface area contributed by atoms with Gasteiger partial charge in [0.25, 0.3) is 5.19 Å². The second-order valence-electron chi connectivity index (χ2n) is 7.93. The van der Waals surface area contributed by atoms with Gasteiger partial charge in [-0.1, -0.05) is 28.9 Å². The van der Waals surface area contributed by atoms with Crippen LogP contribution in [0.5, 0.6) is 16.8 Å². The van der Waals surface area contributed by atoms with Crippen LogP contribution < -0.4 is 14.8 Å². The molecule has 2 fully saturated rings. The molecule has 0 radical (unpaired) electrons. The second kappa shape index (κ2) is 8.39. The smallest absolute Gasteiger partial charge is 0.294 e. The maximum atomic E-state index is 14.8. The van der Waals surface area contributed by atoms with Gasteiger partial charge >= 0.3 is 0 Å². The first-order chi connectivity index (χ1) is 15.1. The molecular formula is C22H23FN4O3S. The van der Waals surface area contributed by atoms with Gasteiger partial charge in [-0.25, -0.2) is 9.37 Å². The van der Waals surface area contributed by atoms with Crippen LogP contribution in [0, 0.1) is 0 Å². The van der Waals surface area contributed by atoms with Gasteiger partial charge < -0.3 is 19.9 Å². The zero-order valence-electron chi connectivity index (χ0n) is 17.0. The Hall–Kier alpha value is -2.78. The first kappa shape index (κ1) is 20.1. The van der Waals surface area contributed by atoms with E-state index in [0.29, 0.717) is 34.1 Å². The van der Waals surface area contributed by atoms with Gasteiger partial charge in [0.05, 0.1) is 12.7 Å². The molecule has 2 aliphatic rings. The fourth-order valence-electron chi connectivity index (χ4n) is 4.36. The minimum Gasteiger partial charge on any atom is -0.507 e. The molecule has 2 saturated heterocycles. The van der Waals surface area contributed by atoms with E-state index in [1.165, 1.54) is 11.3 Å². The number of halogens is 1. The SMILES string of the molecule is COc1cc(-c2ccc(-c3nnc(O[C@H]4CC5CCCC(N5)[C@H]4F)s3)c(O)c2)ccn1. The molecule has 31 heavy (non-hydrogen) atoms. The summed E-state index contributed by atoms with van der Waals surface area (Å²) in [6, 6.07) is 9.13. The Bertz CT molecular complexity index is 1080. The van der Waals surface area contributed by atoms with E-state index >= 15 is 0 Å². The zero-order chi connectivity index (χ0) is 21.4. The lowest BCUT2D eigenvalue weighted by atomic mass is 9.84. The predicted octanol–water partition coefficient (Wildman–Crippen LogP) is 3.98. The molecule has 4 heterocycles. The van der Waals surface area contributed by atoms with Crippen molar-refractivity contribution in [1.29, 1.82) is 0 Å². The molecule has 2 bridgehead atoms. The summed E-state index contributed by atoms with van der Waals surface area (Å²) in [5.41, 5.74) is 2.25. The van der Waals surface area contributed by atoms with Crippen LogP contribution in [0.3, 0.4) is 0 Å². The fraction of sp³-hybridized carbons (Fsp3) is 0.409. The molecule has 2 unspecified atom stereocenters. The number of pyridine rings is 1. The van der Waals surface area contributed by atoms with Crippen molar-refractivity contribution < 1.29 is 19.0 Å². The third-order valence-electron chi connectivity index (χ3n) is 5.94. The minimum absolute atomic E-state index is 0.0794. The number of aromatic nitrogens is 3. The Morgan fingerprint density at radius 3 is 2.87 bits per heavy atom. The molecule has 0 aliphatic carbocycles. The maximum Gasteiger partial charge on any atom is 0.294 e. The third kappa shape index (κ3) is 4.07. The van der Waals surface area contributed by atoms with Crippen LogP contribution in [0.15, 0.2) is 36.5 Å². The van der Waals surface area contributed by atoms with E-state index in [-0.39, 0.29) is 11.8 Å². The largest absolute Gasteiger partial charge is 0.507 e. The molecule has 3 aromatic rings. The lowest BCUT2D eigenvalue weighted by Gasteiger charge is -2.42. The number of phenols is 1. The maximum absolute atomic E-state index is 14.8. The fourth-order valence-corrected chi connectivity index (χ4v) is 5.14. The molecule has 2 aromatic heterocycles. The molecule has 162 valence electrons. The highest BCUT2D eigenvalue weighted by Crippen LogP contribution is 2.38. The summed E-state index contributed by atoms with van der Waals surface area (Å²) in [4.78, 5) is 4.10. The summed E-state index contributed by atoms with van der Waals surface area (Å²) < 4.78 is 25.8. The van der Waals surface area contributed by atoms with Gasteiger partial charge in [-0.3, -0.25) is 0 Å². The molecule has 2 aliphatic heterocycles. The number of aromatic hydroxyl groups is 1. The summed E-state index contributed by atoms with van der Waals surface area (Å²) in [5, 5.41) is 23.0. The van der Waals surface area contributed by atoms with Crippen LogP contribution in [0.4, 0.5) is 4.39 Å². The number of nitrogens with zero attached hydrogens (tertiary/aromatic N) is 3. The standard InChI is InChI=1S/C22H23FN4O3S/c1-29-19-10-13(7-8-24-19)12-5-6-15(17(28)9-12)21-26-27-22(31-21)30-18-11-14-3-2-4-16(25-14)20(18)23/h5-10,14,16,18,20,25,28H,2-4,11H2,1H3/t14?,16?,18-,20+/m0/s1. The molecule has 0 amide bonds. The summed E-state index contributed by atoms with van der Waals surface area (Å²) in [7, 11) is 1.56. The Morgan fingerprint density at radius 2 is 2.03 bits per heavy atom. The van der Waals surface area contributed by atoms with Crippen molar-refractivity contribution in [3.63, 3.8) is 0 Å². The van der Waals surface area contributed by atoms with Crippen molar-refractivity contribution in [2.24, 2.45) is 0 Å². The van der Waals surface area contributed by atoms with Crippen molar-refractivity contribution in [2.75, 3.05) is 7.11 Å². The number of piperidine rings is 2. The van der Waals surface area contributed by atoms with Crippen molar-refractivity contribution in [1.82, 2.24) is 20.5 Å². The minimum atomic E-state index is -1.06. The topological polar surface area (TPSA) is 89.4 Å². The lowest BCUT2D eigenvalue weighted by Crippen LogP contribution is -2.58. The number of alkyl halides is 1. The molecule has 0 spiro atoms. The molecule has 5 rings (SSSR count). The first-order valence-corrected chi connectivity index (χ1v) is 11.2. The van der Waals surface area contributed by atoms with Crippen LogP contribution in [-0.4, -0.2) is 51.8 Å². The van der Waals surface area contributed by atoms with Gasteiger partial charge in [0, 0.05) is 30.8 Å². The molecule has 1 aromatic carbocycles. The van der Waals surface area contributed by atoms with Gasteiger partial charge in [0.1, 0.15) is 11.9 Å². The summed E-state index contributed by atoms with van der Waals surface area (Å²) in [5.74, 6) is 0.580. The van der Waals surface area contributed by atoms with E-state index in [9.17, 15) is 9.50 Å². The Morgan fingerprint density at radius 1 is 1.16 bits per heavy atom. The normalized spacial score (nSPS) is 25.2. The van der Waals surface area contributed by atoms with Gasteiger partial charge in [-0.05, 0) is 42.2 Å². The average Bonchev–Trinajstić information content (AvgIpc) is 3.25. The molecule has 0 saturated carbocycles. The van der Waals surface area contributed by atoms with Crippen molar-refractivity contribution in [3.05, 3.63) is 36.5 Å². The Balaban J connectivity index is 1.33. The van der Waals surface area contributed by atoms with E-state index in [1.807, 2.05) is 12.1 Å². The summed E-state index contributed by atoms with van der Waals surface area (Å²) >= 11 is 1.21. The number of ether oxygens (including phenoxy) is 2. The van der Waals surface area contributed by atoms with Gasteiger partial charge in [0.2, 0.25) is 5.88 Å². The third-order valence-corrected chi connectivity index (χ3v) is 6.79. The second-order valence-corrected chi connectivity index (χ2v) is 8.87. The zero-order valence-corrected chi connectivity index (χ0v) is 17.8.